The number of rotatable bonds is 1. The summed E-state index contributed by atoms with van der Waals surface area (Å²) in [4.78, 5) is 4.35. The Kier molecular flexibility index (Phi) is 1.96. The summed E-state index contributed by atoms with van der Waals surface area (Å²) in [5.74, 6) is 0. The van der Waals surface area contributed by atoms with Crippen molar-refractivity contribution in [3.63, 3.8) is 0 Å². The number of aromatic nitrogens is 3. The summed E-state index contributed by atoms with van der Waals surface area (Å²) in [6, 6.07) is 10.5. The Morgan fingerprint density at radius 2 is 2.00 bits per heavy atom. The molecule has 1 N–H and O–H groups in total. The molecule has 2 aromatic heterocycles. The highest BCUT2D eigenvalue weighted by molar-refractivity contribution is 5.79. The molecule has 0 radical (unpaired) electrons. The maximum atomic E-state index is 4.35. The van der Waals surface area contributed by atoms with E-state index in [2.05, 4.69) is 52.4 Å². The van der Waals surface area contributed by atoms with Crippen LogP contribution in [-0.2, 0) is 0 Å². The van der Waals surface area contributed by atoms with Gasteiger partial charge in [-0.15, -0.1) is 0 Å². The van der Waals surface area contributed by atoms with Gasteiger partial charge in [0.2, 0.25) is 0 Å². The Balaban J connectivity index is 2.18. The smallest absolute Gasteiger partial charge is 0.108 e. The van der Waals surface area contributed by atoms with Gasteiger partial charge in [-0.3, -0.25) is 10.1 Å². The molecule has 0 spiro atoms. The second kappa shape index (κ2) is 3.45. The first-order valence-corrected chi connectivity index (χ1v) is 5.19. The Bertz CT molecular complexity index is 640. The van der Waals surface area contributed by atoms with E-state index in [4.69, 9.17) is 0 Å². The molecule has 78 valence electrons. The fourth-order valence-electron chi connectivity index (χ4n) is 1.81. The van der Waals surface area contributed by atoms with Gasteiger partial charge in [0.05, 0.1) is 11.7 Å². The van der Waals surface area contributed by atoms with Gasteiger partial charge in [0, 0.05) is 11.8 Å². The number of nitrogens with one attached hydrogen (secondary N) is 1. The van der Waals surface area contributed by atoms with Gasteiger partial charge in [-0.1, -0.05) is 29.8 Å². The highest BCUT2D eigenvalue weighted by Crippen LogP contribution is 2.22. The SMILES string of the molecule is Cc1cccc(-c2cnc3cn[nH]c3c2)c1. The maximum absolute atomic E-state index is 4.35. The largest absolute Gasteiger partial charge is 0.276 e. The Morgan fingerprint density at radius 3 is 2.88 bits per heavy atom. The van der Waals surface area contributed by atoms with Crippen molar-refractivity contribution in [1.29, 1.82) is 0 Å². The molecule has 0 unspecified atom stereocenters. The summed E-state index contributed by atoms with van der Waals surface area (Å²) in [5.41, 5.74) is 5.42. The number of H-pyrrole nitrogens is 1. The van der Waals surface area contributed by atoms with E-state index in [0.717, 1.165) is 16.6 Å². The molecule has 0 aliphatic rings. The molecule has 0 saturated heterocycles. The van der Waals surface area contributed by atoms with Gasteiger partial charge in [-0.05, 0) is 18.6 Å². The third-order valence-electron chi connectivity index (χ3n) is 2.64. The molecule has 0 amide bonds. The van der Waals surface area contributed by atoms with Crippen molar-refractivity contribution >= 4 is 11.0 Å². The minimum atomic E-state index is 0.899. The molecule has 16 heavy (non-hydrogen) atoms. The fraction of sp³-hybridized carbons (Fsp3) is 0.0769. The molecular formula is C13H11N3. The minimum absolute atomic E-state index is 0.899. The van der Waals surface area contributed by atoms with Crippen molar-refractivity contribution in [3.8, 4) is 11.1 Å². The van der Waals surface area contributed by atoms with Crippen LogP contribution in [0.5, 0.6) is 0 Å². The van der Waals surface area contributed by atoms with Gasteiger partial charge in [-0.2, -0.15) is 5.10 Å². The van der Waals surface area contributed by atoms with Crippen LogP contribution in [0.15, 0.2) is 42.7 Å². The summed E-state index contributed by atoms with van der Waals surface area (Å²) in [7, 11) is 0. The van der Waals surface area contributed by atoms with Crippen molar-refractivity contribution < 1.29 is 0 Å². The predicted octanol–water partition coefficient (Wildman–Crippen LogP) is 2.93. The topological polar surface area (TPSA) is 41.6 Å². The molecule has 3 aromatic rings. The molecule has 0 saturated carbocycles. The van der Waals surface area contributed by atoms with E-state index in [0.29, 0.717) is 0 Å². The highest BCUT2D eigenvalue weighted by atomic mass is 15.1. The normalized spacial score (nSPS) is 10.8. The predicted molar refractivity (Wildman–Crippen MR) is 64.1 cm³/mol. The quantitative estimate of drug-likeness (QED) is 0.669. The van der Waals surface area contributed by atoms with E-state index in [-0.39, 0.29) is 0 Å². The lowest BCUT2D eigenvalue weighted by Crippen LogP contribution is -1.82. The lowest BCUT2D eigenvalue weighted by molar-refractivity contribution is 1.12. The lowest BCUT2D eigenvalue weighted by Gasteiger charge is -2.02. The molecular weight excluding hydrogens is 198 g/mol. The van der Waals surface area contributed by atoms with Gasteiger partial charge < -0.3 is 0 Å². The van der Waals surface area contributed by atoms with Gasteiger partial charge in [0.1, 0.15) is 5.52 Å². The zero-order valence-electron chi connectivity index (χ0n) is 8.94. The molecule has 0 aliphatic heterocycles. The van der Waals surface area contributed by atoms with Crippen LogP contribution < -0.4 is 0 Å². The summed E-state index contributed by atoms with van der Waals surface area (Å²) < 4.78 is 0. The molecule has 0 bridgehead atoms. The number of pyridine rings is 1. The van der Waals surface area contributed by atoms with Crippen molar-refractivity contribution in [2.75, 3.05) is 0 Å². The first-order chi connectivity index (χ1) is 7.83. The number of nitrogens with zero attached hydrogens (tertiary/aromatic N) is 2. The van der Waals surface area contributed by atoms with E-state index >= 15 is 0 Å². The van der Waals surface area contributed by atoms with Crippen LogP contribution >= 0.6 is 0 Å². The van der Waals surface area contributed by atoms with Crippen LogP contribution in [0.25, 0.3) is 22.2 Å². The zero-order chi connectivity index (χ0) is 11.0. The van der Waals surface area contributed by atoms with Crippen LogP contribution in [0.4, 0.5) is 0 Å². The van der Waals surface area contributed by atoms with Crippen molar-refractivity contribution in [2.24, 2.45) is 0 Å². The second-order valence-electron chi connectivity index (χ2n) is 3.90. The van der Waals surface area contributed by atoms with Crippen molar-refractivity contribution in [1.82, 2.24) is 15.2 Å². The third-order valence-corrected chi connectivity index (χ3v) is 2.64. The lowest BCUT2D eigenvalue weighted by atomic mass is 10.1. The maximum Gasteiger partial charge on any atom is 0.108 e. The molecule has 1 aromatic carbocycles. The second-order valence-corrected chi connectivity index (χ2v) is 3.90. The van der Waals surface area contributed by atoms with E-state index in [1.165, 1.54) is 11.1 Å². The van der Waals surface area contributed by atoms with Gasteiger partial charge in [0.15, 0.2) is 0 Å². The van der Waals surface area contributed by atoms with Crippen LogP contribution in [0.1, 0.15) is 5.56 Å². The molecule has 3 heteroatoms. The van der Waals surface area contributed by atoms with E-state index in [1.54, 1.807) is 6.20 Å². The standard InChI is InChI=1S/C13H11N3/c1-9-3-2-4-10(5-9)11-6-12-13(14-7-11)8-15-16-12/h2-8H,1H3,(H,15,16). The number of aryl methyl sites for hydroxylation is 1. The highest BCUT2D eigenvalue weighted by Gasteiger charge is 2.01. The van der Waals surface area contributed by atoms with Crippen LogP contribution in [0, 0.1) is 6.92 Å². The number of fused-ring (bicyclic) bond motifs is 1. The van der Waals surface area contributed by atoms with Gasteiger partial charge in [0.25, 0.3) is 0 Å². The molecule has 0 aliphatic carbocycles. The third kappa shape index (κ3) is 1.46. The number of aromatic amines is 1. The Morgan fingerprint density at radius 1 is 1.06 bits per heavy atom. The van der Waals surface area contributed by atoms with Crippen molar-refractivity contribution in [2.45, 2.75) is 6.92 Å². The fourth-order valence-corrected chi connectivity index (χ4v) is 1.81. The van der Waals surface area contributed by atoms with E-state index in [9.17, 15) is 0 Å². The Labute approximate surface area is 93.2 Å². The molecule has 0 fully saturated rings. The first-order valence-electron chi connectivity index (χ1n) is 5.19. The summed E-state index contributed by atoms with van der Waals surface area (Å²) in [5, 5.41) is 6.90. The first kappa shape index (κ1) is 9.09. The van der Waals surface area contributed by atoms with Crippen LogP contribution in [-0.4, -0.2) is 15.2 Å². The van der Waals surface area contributed by atoms with E-state index < -0.39 is 0 Å². The van der Waals surface area contributed by atoms with Crippen LogP contribution in [0.2, 0.25) is 0 Å². The summed E-state index contributed by atoms with van der Waals surface area (Å²) >= 11 is 0. The molecule has 3 nitrogen and oxygen atoms in total. The minimum Gasteiger partial charge on any atom is -0.276 e. The molecule has 3 rings (SSSR count). The number of hydrogen-bond acceptors (Lipinski definition) is 2. The van der Waals surface area contributed by atoms with Crippen molar-refractivity contribution in [3.05, 3.63) is 48.3 Å². The number of benzene rings is 1. The zero-order valence-corrected chi connectivity index (χ0v) is 8.94. The van der Waals surface area contributed by atoms with E-state index in [1.807, 2.05) is 6.20 Å². The van der Waals surface area contributed by atoms with Crippen LogP contribution in [0.3, 0.4) is 0 Å². The summed E-state index contributed by atoms with van der Waals surface area (Å²) in [6.45, 7) is 2.09. The number of hydrogen-bond donors (Lipinski definition) is 1. The average Bonchev–Trinajstić information content (AvgIpc) is 2.75. The summed E-state index contributed by atoms with van der Waals surface area (Å²) in [6.07, 6.45) is 3.61. The molecule has 0 atom stereocenters. The van der Waals surface area contributed by atoms with Gasteiger partial charge >= 0.3 is 0 Å². The monoisotopic (exact) mass is 209 g/mol. The Hall–Kier alpha value is -2.16. The average molecular weight is 209 g/mol. The molecule has 2 heterocycles. The van der Waals surface area contributed by atoms with Gasteiger partial charge in [-0.25, -0.2) is 0 Å².